The molecule has 1 unspecified atom stereocenters. The molecule has 1 fully saturated rings. The van der Waals surface area contributed by atoms with Crippen LogP contribution in [-0.2, 0) is 9.53 Å². The van der Waals surface area contributed by atoms with Gasteiger partial charge in [-0.1, -0.05) is 39.5 Å². The standard InChI is InChI=1S/C14H26O2/c1-3-5-6-12(4-2)11-14(15)13-7-9-16-10-8-13/h12-13H,3-11H2,1-2H3. The van der Waals surface area contributed by atoms with E-state index in [1.807, 2.05) is 0 Å². The second kappa shape index (κ2) is 7.83. The summed E-state index contributed by atoms with van der Waals surface area (Å²) >= 11 is 0. The van der Waals surface area contributed by atoms with Gasteiger partial charge in [-0.05, 0) is 18.8 Å². The van der Waals surface area contributed by atoms with Crippen LogP contribution >= 0.6 is 0 Å². The first-order valence-electron chi connectivity index (χ1n) is 6.88. The SMILES string of the molecule is CCCCC(CC)CC(=O)C1CCOCC1. The van der Waals surface area contributed by atoms with Crippen LogP contribution < -0.4 is 0 Å². The summed E-state index contributed by atoms with van der Waals surface area (Å²) in [5, 5.41) is 0. The van der Waals surface area contributed by atoms with Gasteiger partial charge < -0.3 is 4.74 Å². The molecule has 0 saturated carbocycles. The summed E-state index contributed by atoms with van der Waals surface area (Å²) in [6.07, 6.45) is 7.58. The molecule has 1 heterocycles. The van der Waals surface area contributed by atoms with Crippen LogP contribution in [0, 0.1) is 11.8 Å². The summed E-state index contributed by atoms with van der Waals surface area (Å²) < 4.78 is 5.29. The molecule has 2 nitrogen and oxygen atoms in total. The molecule has 94 valence electrons. The van der Waals surface area contributed by atoms with Gasteiger partial charge in [0, 0.05) is 25.6 Å². The van der Waals surface area contributed by atoms with E-state index < -0.39 is 0 Å². The quantitative estimate of drug-likeness (QED) is 0.663. The van der Waals surface area contributed by atoms with Crippen LogP contribution in [0.25, 0.3) is 0 Å². The summed E-state index contributed by atoms with van der Waals surface area (Å²) in [4.78, 5) is 12.1. The maximum absolute atomic E-state index is 12.1. The largest absolute Gasteiger partial charge is 0.381 e. The van der Waals surface area contributed by atoms with Gasteiger partial charge in [-0.2, -0.15) is 0 Å². The van der Waals surface area contributed by atoms with Crippen molar-refractivity contribution in [2.45, 2.75) is 58.8 Å². The van der Waals surface area contributed by atoms with Gasteiger partial charge in [0.25, 0.3) is 0 Å². The van der Waals surface area contributed by atoms with Crippen molar-refractivity contribution in [1.29, 1.82) is 0 Å². The highest BCUT2D eigenvalue weighted by molar-refractivity contribution is 5.81. The van der Waals surface area contributed by atoms with Gasteiger partial charge in [-0.25, -0.2) is 0 Å². The van der Waals surface area contributed by atoms with E-state index in [0.29, 0.717) is 17.6 Å². The summed E-state index contributed by atoms with van der Waals surface area (Å²) in [5.74, 6) is 1.41. The van der Waals surface area contributed by atoms with Crippen LogP contribution in [0.2, 0.25) is 0 Å². The summed E-state index contributed by atoms with van der Waals surface area (Å²) in [6, 6.07) is 0. The predicted molar refractivity (Wildman–Crippen MR) is 66.5 cm³/mol. The molecule has 0 bridgehead atoms. The number of hydrogen-bond donors (Lipinski definition) is 0. The van der Waals surface area contributed by atoms with E-state index in [-0.39, 0.29) is 0 Å². The Morgan fingerprint density at radius 1 is 1.31 bits per heavy atom. The van der Waals surface area contributed by atoms with Crippen molar-refractivity contribution in [2.75, 3.05) is 13.2 Å². The third-order valence-electron chi connectivity index (χ3n) is 3.71. The van der Waals surface area contributed by atoms with Crippen molar-refractivity contribution in [1.82, 2.24) is 0 Å². The number of ether oxygens (including phenoxy) is 1. The molecule has 1 rings (SSSR count). The Labute approximate surface area is 99.8 Å². The molecule has 16 heavy (non-hydrogen) atoms. The molecule has 0 spiro atoms. The lowest BCUT2D eigenvalue weighted by Gasteiger charge is -2.23. The predicted octanol–water partition coefficient (Wildman–Crippen LogP) is 3.59. The zero-order chi connectivity index (χ0) is 11.8. The summed E-state index contributed by atoms with van der Waals surface area (Å²) in [5.41, 5.74) is 0. The maximum Gasteiger partial charge on any atom is 0.136 e. The minimum absolute atomic E-state index is 0.296. The van der Waals surface area contributed by atoms with Gasteiger partial charge in [0.1, 0.15) is 5.78 Å². The summed E-state index contributed by atoms with van der Waals surface area (Å²) in [7, 11) is 0. The fourth-order valence-electron chi connectivity index (χ4n) is 2.41. The first kappa shape index (κ1) is 13.7. The van der Waals surface area contributed by atoms with Gasteiger partial charge in [-0.15, -0.1) is 0 Å². The zero-order valence-corrected chi connectivity index (χ0v) is 10.8. The number of carbonyl (C=O) groups excluding carboxylic acids is 1. The number of rotatable bonds is 7. The number of unbranched alkanes of at least 4 members (excludes halogenated alkanes) is 1. The Hall–Kier alpha value is -0.370. The van der Waals surface area contributed by atoms with Crippen LogP contribution in [0.5, 0.6) is 0 Å². The van der Waals surface area contributed by atoms with Gasteiger partial charge >= 0.3 is 0 Å². The number of ketones is 1. The van der Waals surface area contributed by atoms with Crippen LogP contribution in [0.15, 0.2) is 0 Å². The smallest absolute Gasteiger partial charge is 0.136 e. The first-order chi connectivity index (χ1) is 7.77. The molecule has 1 atom stereocenters. The molecule has 2 heteroatoms. The van der Waals surface area contributed by atoms with Gasteiger partial charge in [0.15, 0.2) is 0 Å². The fourth-order valence-corrected chi connectivity index (χ4v) is 2.41. The lowest BCUT2D eigenvalue weighted by Crippen LogP contribution is -2.25. The highest BCUT2D eigenvalue weighted by Crippen LogP contribution is 2.23. The second-order valence-corrected chi connectivity index (χ2v) is 4.97. The fraction of sp³-hybridized carbons (Fsp3) is 0.929. The Balaban J connectivity index is 2.29. The highest BCUT2D eigenvalue weighted by Gasteiger charge is 2.23. The molecule has 0 aromatic heterocycles. The van der Waals surface area contributed by atoms with Crippen LogP contribution in [0.3, 0.4) is 0 Å². The first-order valence-corrected chi connectivity index (χ1v) is 6.88. The van der Waals surface area contributed by atoms with Crippen LogP contribution in [-0.4, -0.2) is 19.0 Å². The second-order valence-electron chi connectivity index (χ2n) is 4.97. The zero-order valence-electron chi connectivity index (χ0n) is 10.8. The summed E-state index contributed by atoms with van der Waals surface area (Å²) in [6.45, 7) is 5.98. The van der Waals surface area contributed by atoms with Crippen LogP contribution in [0.1, 0.15) is 58.8 Å². The van der Waals surface area contributed by atoms with E-state index in [1.54, 1.807) is 0 Å². The molecule has 0 amide bonds. The monoisotopic (exact) mass is 226 g/mol. The molecule has 0 aliphatic carbocycles. The van der Waals surface area contributed by atoms with Crippen molar-refractivity contribution < 1.29 is 9.53 Å². The van der Waals surface area contributed by atoms with Crippen molar-refractivity contribution >= 4 is 5.78 Å². The van der Waals surface area contributed by atoms with Gasteiger partial charge in [0.2, 0.25) is 0 Å². The molecule has 0 N–H and O–H groups in total. The average Bonchev–Trinajstić information content (AvgIpc) is 2.35. The van der Waals surface area contributed by atoms with Crippen molar-refractivity contribution in [2.24, 2.45) is 11.8 Å². The maximum atomic E-state index is 12.1. The van der Waals surface area contributed by atoms with E-state index in [9.17, 15) is 4.79 Å². The average molecular weight is 226 g/mol. The molecule has 0 radical (unpaired) electrons. The Morgan fingerprint density at radius 2 is 2.00 bits per heavy atom. The minimum Gasteiger partial charge on any atom is -0.381 e. The van der Waals surface area contributed by atoms with Crippen molar-refractivity contribution in [3.63, 3.8) is 0 Å². The lowest BCUT2D eigenvalue weighted by molar-refractivity contribution is -0.126. The van der Waals surface area contributed by atoms with E-state index in [0.717, 1.165) is 38.9 Å². The molecule has 1 saturated heterocycles. The number of hydrogen-bond acceptors (Lipinski definition) is 2. The highest BCUT2D eigenvalue weighted by atomic mass is 16.5. The van der Waals surface area contributed by atoms with Crippen molar-refractivity contribution in [3.05, 3.63) is 0 Å². The lowest BCUT2D eigenvalue weighted by atomic mass is 9.86. The third kappa shape index (κ3) is 4.65. The Morgan fingerprint density at radius 3 is 2.56 bits per heavy atom. The van der Waals surface area contributed by atoms with E-state index in [4.69, 9.17) is 4.74 Å². The van der Waals surface area contributed by atoms with Gasteiger partial charge in [-0.3, -0.25) is 4.79 Å². The van der Waals surface area contributed by atoms with Crippen molar-refractivity contribution in [3.8, 4) is 0 Å². The van der Waals surface area contributed by atoms with E-state index in [1.165, 1.54) is 19.3 Å². The number of carbonyl (C=O) groups is 1. The van der Waals surface area contributed by atoms with Gasteiger partial charge in [0.05, 0.1) is 0 Å². The van der Waals surface area contributed by atoms with E-state index >= 15 is 0 Å². The van der Waals surface area contributed by atoms with Crippen LogP contribution in [0.4, 0.5) is 0 Å². The normalized spacial score (nSPS) is 19.6. The molecule has 0 aromatic rings. The molecule has 1 aliphatic rings. The topological polar surface area (TPSA) is 26.3 Å². The molecular formula is C14H26O2. The minimum atomic E-state index is 0.296. The third-order valence-corrected chi connectivity index (χ3v) is 3.71. The Bertz CT molecular complexity index is 195. The van der Waals surface area contributed by atoms with E-state index in [2.05, 4.69) is 13.8 Å². The molecule has 1 aliphatic heterocycles. The molecular weight excluding hydrogens is 200 g/mol. The number of Topliss-reactive ketones (excluding diaryl/α,β-unsaturated/α-hetero) is 1. The molecule has 0 aromatic carbocycles. The Kier molecular flexibility index (Phi) is 6.70.